The average Bonchev–Trinajstić information content (AvgIpc) is 3.07. The Bertz CT molecular complexity index is 895. The summed E-state index contributed by atoms with van der Waals surface area (Å²) in [6, 6.07) is 13.0. The lowest BCUT2D eigenvalue weighted by Gasteiger charge is -2.08. The van der Waals surface area contributed by atoms with Crippen molar-refractivity contribution in [2.24, 2.45) is 5.73 Å². The highest BCUT2D eigenvalue weighted by Gasteiger charge is 2.11. The van der Waals surface area contributed by atoms with Crippen LogP contribution >= 0.6 is 0 Å². The Hall–Kier alpha value is -3.08. The first-order valence-electron chi connectivity index (χ1n) is 7.89. The number of rotatable bonds is 5. The minimum atomic E-state index is -0.472. The summed E-state index contributed by atoms with van der Waals surface area (Å²) in [5.74, 6) is -0.554. The molecule has 5 nitrogen and oxygen atoms in total. The van der Waals surface area contributed by atoms with Crippen molar-refractivity contribution in [3.63, 3.8) is 0 Å². The van der Waals surface area contributed by atoms with E-state index in [9.17, 15) is 9.59 Å². The number of amides is 2. The molecule has 1 aromatic heterocycles. The average molecular weight is 321 g/mol. The zero-order valence-corrected chi connectivity index (χ0v) is 13.4. The second-order valence-electron chi connectivity index (χ2n) is 5.66. The van der Waals surface area contributed by atoms with Gasteiger partial charge in [0.15, 0.2) is 0 Å². The molecule has 0 saturated heterocycles. The number of carbonyl (C=O) groups excluding carboxylic acids is 2. The normalized spacial score (nSPS) is 10.7. The molecule has 24 heavy (non-hydrogen) atoms. The highest BCUT2D eigenvalue weighted by Crippen LogP contribution is 2.27. The fourth-order valence-electron chi connectivity index (χ4n) is 2.69. The van der Waals surface area contributed by atoms with Crippen molar-refractivity contribution in [2.45, 2.75) is 13.3 Å². The van der Waals surface area contributed by atoms with E-state index in [1.807, 2.05) is 31.2 Å². The first kappa shape index (κ1) is 15.8. The van der Waals surface area contributed by atoms with E-state index >= 15 is 0 Å². The molecule has 3 aromatic rings. The van der Waals surface area contributed by atoms with Crippen LogP contribution in [0, 0.1) is 0 Å². The number of nitrogens with two attached hydrogens (primary N) is 1. The van der Waals surface area contributed by atoms with Crippen LogP contribution < -0.4 is 11.1 Å². The van der Waals surface area contributed by atoms with E-state index in [2.05, 4.69) is 10.3 Å². The van der Waals surface area contributed by atoms with Gasteiger partial charge in [0.05, 0.1) is 11.1 Å². The Balaban J connectivity index is 1.96. The second kappa shape index (κ2) is 6.58. The first-order valence-corrected chi connectivity index (χ1v) is 7.89. The molecule has 0 aliphatic carbocycles. The summed E-state index contributed by atoms with van der Waals surface area (Å²) < 4.78 is 0. The van der Waals surface area contributed by atoms with E-state index in [1.54, 1.807) is 24.4 Å². The van der Waals surface area contributed by atoms with Gasteiger partial charge in [-0.15, -0.1) is 0 Å². The molecule has 2 amide bonds. The van der Waals surface area contributed by atoms with E-state index in [-0.39, 0.29) is 5.91 Å². The summed E-state index contributed by atoms with van der Waals surface area (Å²) in [4.78, 5) is 26.7. The van der Waals surface area contributed by atoms with Gasteiger partial charge in [-0.3, -0.25) is 9.59 Å². The Kier molecular flexibility index (Phi) is 4.33. The molecule has 3 rings (SSSR count). The lowest BCUT2D eigenvalue weighted by atomic mass is 9.99. The van der Waals surface area contributed by atoms with Gasteiger partial charge in [-0.05, 0) is 47.9 Å². The Morgan fingerprint density at radius 3 is 2.50 bits per heavy atom. The molecule has 0 bridgehead atoms. The molecule has 5 heteroatoms. The number of aromatic amines is 1. The van der Waals surface area contributed by atoms with Crippen LogP contribution in [-0.2, 0) is 0 Å². The van der Waals surface area contributed by atoms with Crippen molar-refractivity contribution in [2.75, 3.05) is 6.54 Å². The number of primary amides is 1. The molecule has 0 fully saturated rings. The minimum Gasteiger partial charge on any atom is -0.366 e. The summed E-state index contributed by atoms with van der Waals surface area (Å²) in [6.07, 6.45) is 2.68. The maximum atomic E-state index is 12.0. The summed E-state index contributed by atoms with van der Waals surface area (Å²) in [5.41, 5.74) is 9.10. The summed E-state index contributed by atoms with van der Waals surface area (Å²) in [6.45, 7) is 2.67. The number of carbonyl (C=O) groups is 2. The summed E-state index contributed by atoms with van der Waals surface area (Å²) >= 11 is 0. The smallest absolute Gasteiger partial charge is 0.251 e. The van der Waals surface area contributed by atoms with Crippen LogP contribution in [0.25, 0.3) is 22.0 Å². The maximum Gasteiger partial charge on any atom is 0.251 e. The standard InChI is InChI=1S/C19H19N3O2/c1-2-8-22-19(24)13-5-3-12(4-6-13)15-10-14-7-9-21-17(14)16(11-15)18(20)23/h3-7,9-11,21H,2,8H2,1H3,(H2,20,23)(H,22,24). The number of hydrogen-bond acceptors (Lipinski definition) is 2. The molecule has 4 N–H and O–H groups in total. The third kappa shape index (κ3) is 3.01. The fraction of sp³-hybridized carbons (Fsp3) is 0.158. The van der Waals surface area contributed by atoms with Gasteiger partial charge in [-0.2, -0.15) is 0 Å². The van der Waals surface area contributed by atoms with Crippen LogP contribution in [-0.4, -0.2) is 23.3 Å². The molecule has 0 aliphatic rings. The van der Waals surface area contributed by atoms with Gasteiger partial charge >= 0.3 is 0 Å². The van der Waals surface area contributed by atoms with Crippen LogP contribution in [0.15, 0.2) is 48.7 Å². The first-order chi connectivity index (χ1) is 11.6. The second-order valence-corrected chi connectivity index (χ2v) is 5.66. The fourth-order valence-corrected chi connectivity index (χ4v) is 2.69. The number of aromatic nitrogens is 1. The summed E-state index contributed by atoms with van der Waals surface area (Å²) in [5, 5.41) is 3.77. The lowest BCUT2D eigenvalue weighted by molar-refractivity contribution is 0.0952. The Morgan fingerprint density at radius 1 is 1.08 bits per heavy atom. The molecule has 0 spiro atoms. The molecule has 1 heterocycles. The number of hydrogen-bond donors (Lipinski definition) is 3. The van der Waals surface area contributed by atoms with Crippen LogP contribution in [0.5, 0.6) is 0 Å². The Labute approximate surface area is 139 Å². The van der Waals surface area contributed by atoms with Crippen molar-refractivity contribution >= 4 is 22.7 Å². The van der Waals surface area contributed by atoms with Crippen LogP contribution in [0.3, 0.4) is 0 Å². The largest absolute Gasteiger partial charge is 0.366 e. The number of fused-ring (bicyclic) bond motifs is 1. The van der Waals surface area contributed by atoms with Crippen LogP contribution in [0.2, 0.25) is 0 Å². The van der Waals surface area contributed by atoms with Gasteiger partial charge in [0.2, 0.25) is 0 Å². The minimum absolute atomic E-state index is 0.0812. The van der Waals surface area contributed by atoms with E-state index < -0.39 is 5.91 Å². The number of benzene rings is 2. The van der Waals surface area contributed by atoms with Gasteiger partial charge < -0.3 is 16.0 Å². The molecule has 2 aromatic carbocycles. The molecule has 0 saturated carbocycles. The van der Waals surface area contributed by atoms with Crippen molar-refractivity contribution in [3.05, 3.63) is 59.8 Å². The molecular weight excluding hydrogens is 302 g/mol. The van der Waals surface area contributed by atoms with E-state index in [0.717, 1.165) is 28.5 Å². The maximum absolute atomic E-state index is 12.0. The van der Waals surface area contributed by atoms with Crippen LogP contribution in [0.4, 0.5) is 0 Å². The van der Waals surface area contributed by atoms with Gasteiger partial charge in [-0.1, -0.05) is 19.1 Å². The lowest BCUT2D eigenvalue weighted by Crippen LogP contribution is -2.23. The van der Waals surface area contributed by atoms with Gasteiger partial charge in [0, 0.05) is 23.7 Å². The van der Waals surface area contributed by atoms with Gasteiger partial charge in [0.1, 0.15) is 0 Å². The molecule has 0 unspecified atom stereocenters. The SMILES string of the molecule is CCCNC(=O)c1ccc(-c2cc(C(N)=O)c3[nH]ccc3c2)cc1. The van der Waals surface area contributed by atoms with Gasteiger partial charge in [-0.25, -0.2) is 0 Å². The van der Waals surface area contributed by atoms with E-state index in [0.29, 0.717) is 17.7 Å². The third-order valence-electron chi connectivity index (χ3n) is 3.94. The van der Waals surface area contributed by atoms with Crippen molar-refractivity contribution in [1.82, 2.24) is 10.3 Å². The monoisotopic (exact) mass is 321 g/mol. The zero-order valence-electron chi connectivity index (χ0n) is 13.4. The Morgan fingerprint density at radius 2 is 1.83 bits per heavy atom. The predicted molar refractivity (Wildman–Crippen MR) is 94.9 cm³/mol. The molecule has 0 aliphatic heterocycles. The van der Waals surface area contributed by atoms with Gasteiger partial charge in [0.25, 0.3) is 11.8 Å². The quantitative estimate of drug-likeness (QED) is 0.674. The molecular formula is C19H19N3O2. The number of H-pyrrole nitrogens is 1. The van der Waals surface area contributed by atoms with Crippen molar-refractivity contribution in [3.8, 4) is 11.1 Å². The molecule has 0 atom stereocenters. The zero-order chi connectivity index (χ0) is 17.1. The summed E-state index contributed by atoms with van der Waals surface area (Å²) in [7, 11) is 0. The molecule has 0 radical (unpaired) electrons. The third-order valence-corrected chi connectivity index (χ3v) is 3.94. The highest BCUT2D eigenvalue weighted by molar-refractivity contribution is 6.06. The highest BCUT2D eigenvalue weighted by atomic mass is 16.2. The number of nitrogens with one attached hydrogen (secondary N) is 2. The van der Waals surface area contributed by atoms with Crippen molar-refractivity contribution in [1.29, 1.82) is 0 Å². The van der Waals surface area contributed by atoms with Crippen LogP contribution in [0.1, 0.15) is 34.1 Å². The van der Waals surface area contributed by atoms with E-state index in [1.165, 1.54) is 0 Å². The van der Waals surface area contributed by atoms with E-state index in [4.69, 9.17) is 5.73 Å². The predicted octanol–water partition coefficient (Wildman–Crippen LogP) is 3.07. The topological polar surface area (TPSA) is 88.0 Å². The molecule has 122 valence electrons. The van der Waals surface area contributed by atoms with Crippen molar-refractivity contribution < 1.29 is 9.59 Å².